The van der Waals surface area contributed by atoms with Gasteiger partial charge in [0.25, 0.3) is 5.91 Å². The summed E-state index contributed by atoms with van der Waals surface area (Å²) in [6.45, 7) is 0. The summed E-state index contributed by atoms with van der Waals surface area (Å²) in [6.07, 6.45) is 2.87. The first-order chi connectivity index (χ1) is 14.1. The van der Waals surface area contributed by atoms with E-state index in [2.05, 4.69) is 4.98 Å². The van der Waals surface area contributed by atoms with E-state index in [0.717, 1.165) is 0 Å². The number of ether oxygens (including phenoxy) is 1. The molecule has 0 bridgehead atoms. The molecule has 29 heavy (non-hydrogen) atoms. The first-order valence-corrected chi connectivity index (χ1v) is 8.62. The summed E-state index contributed by atoms with van der Waals surface area (Å²) < 4.78 is 7.66. The van der Waals surface area contributed by atoms with Crippen molar-refractivity contribution >= 4 is 28.6 Å². The molecule has 0 atom stereocenters. The van der Waals surface area contributed by atoms with Crippen LogP contribution in [-0.2, 0) is 4.74 Å². The number of esters is 1. The van der Waals surface area contributed by atoms with Crippen LogP contribution < -0.4 is 5.73 Å². The molecule has 2 heterocycles. The minimum absolute atomic E-state index is 0.00492. The molecular weight excluding hydrogens is 370 g/mol. The standard InChI is InChI=1S/C21H15N5O3/c1-29-21(28)19-18(23)13(10-22)11-25(19)16-8-4-2-6-14(16)20(27)26-12-24-15-7-3-5-9-17(15)26/h2-9,11-12H,23H2,1H3. The van der Waals surface area contributed by atoms with Crippen LogP contribution in [-0.4, -0.2) is 33.1 Å². The van der Waals surface area contributed by atoms with Crippen molar-refractivity contribution in [1.29, 1.82) is 5.26 Å². The molecule has 0 amide bonds. The van der Waals surface area contributed by atoms with Gasteiger partial charge in [0.05, 0.1) is 40.6 Å². The number of nitrogens with zero attached hydrogens (tertiary/aromatic N) is 4. The van der Waals surface area contributed by atoms with E-state index in [1.54, 1.807) is 30.3 Å². The van der Waals surface area contributed by atoms with Crippen molar-refractivity contribution < 1.29 is 14.3 Å². The predicted molar refractivity (Wildman–Crippen MR) is 106 cm³/mol. The summed E-state index contributed by atoms with van der Waals surface area (Å²) in [4.78, 5) is 29.9. The van der Waals surface area contributed by atoms with E-state index < -0.39 is 5.97 Å². The Labute approximate surface area is 165 Å². The van der Waals surface area contributed by atoms with Gasteiger partial charge < -0.3 is 15.0 Å². The molecule has 0 unspecified atom stereocenters. The maximum Gasteiger partial charge on any atom is 0.357 e. The largest absolute Gasteiger partial charge is 0.464 e. The number of carbonyl (C=O) groups is 2. The highest BCUT2D eigenvalue weighted by atomic mass is 16.5. The molecule has 0 saturated carbocycles. The number of rotatable bonds is 3. The molecule has 0 aliphatic rings. The lowest BCUT2D eigenvalue weighted by molar-refractivity contribution is 0.0592. The normalized spacial score (nSPS) is 10.6. The summed E-state index contributed by atoms with van der Waals surface area (Å²) in [5, 5.41) is 9.33. The molecule has 0 saturated heterocycles. The molecule has 4 rings (SSSR count). The molecule has 0 spiro atoms. The third kappa shape index (κ3) is 2.82. The molecule has 0 aliphatic heterocycles. The number of para-hydroxylation sites is 3. The first kappa shape index (κ1) is 18.0. The quantitative estimate of drug-likeness (QED) is 0.542. The Morgan fingerprint density at radius 2 is 1.86 bits per heavy atom. The van der Waals surface area contributed by atoms with Gasteiger partial charge in [-0.05, 0) is 24.3 Å². The van der Waals surface area contributed by atoms with Crippen LogP contribution in [0.3, 0.4) is 0 Å². The topological polar surface area (TPSA) is 116 Å². The van der Waals surface area contributed by atoms with Gasteiger partial charge in [0.1, 0.15) is 12.4 Å². The lowest BCUT2D eigenvalue weighted by atomic mass is 10.1. The van der Waals surface area contributed by atoms with Crippen LogP contribution in [0.15, 0.2) is 61.1 Å². The van der Waals surface area contributed by atoms with Gasteiger partial charge in [0, 0.05) is 6.20 Å². The van der Waals surface area contributed by atoms with Gasteiger partial charge in [-0.2, -0.15) is 5.26 Å². The average molecular weight is 385 g/mol. The molecule has 0 radical (unpaired) electrons. The van der Waals surface area contributed by atoms with E-state index in [9.17, 15) is 14.9 Å². The monoisotopic (exact) mass is 385 g/mol. The van der Waals surface area contributed by atoms with E-state index in [0.29, 0.717) is 22.3 Å². The van der Waals surface area contributed by atoms with Crippen LogP contribution in [0.25, 0.3) is 16.7 Å². The average Bonchev–Trinajstić information content (AvgIpc) is 3.33. The third-order valence-corrected chi connectivity index (χ3v) is 4.61. The number of nitriles is 1. The first-order valence-electron chi connectivity index (χ1n) is 8.62. The molecule has 4 aromatic rings. The number of aromatic nitrogens is 3. The second kappa shape index (κ2) is 6.98. The minimum atomic E-state index is -0.709. The Balaban J connectivity index is 1.93. The predicted octanol–water partition coefficient (Wildman–Crippen LogP) is 2.76. The second-order valence-electron chi connectivity index (χ2n) is 6.20. The van der Waals surface area contributed by atoms with Gasteiger partial charge in [-0.15, -0.1) is 0 Å². The number of nitrogen functional groups attached to an aromatic ring is 1. The number of fused-ring (bicyclic) bond motifs is 1. The van der Waals surface area contributed by atoms with Crippen molar-refractivity contribution in [3.05, 3.63) is 77.9 Å². The Morgan fingerprint density at radius 1 is 1.14 bits per heavy atom. The van der Waals surface area contributed by atoms with Crippen molar-refractivity contribution in [3.63, 3.8) is 0 Å². The summed E-state index contributed by atoms with van der Waals surface area (Å²) in [5.74, 6) is -1.05. The smallest absolute Gasteiger partial charge is 0.357 e. The van der Waals surface area contributed by atoms with E-state index in [1.165, 1.54) is 28.8 Å². The maximum atomic E-state index is 13.3. The van der Waals surface area contributed by atoms with Gasteiger partial charge in [-0.3, -0.25) is 9.36 Å². The second-order valence-corrected chi connectivity index (χ2v) is 6.20. The number of anilines is 1. The van der Waals surface area contributed by atoms with Gasteiger partial charge >= 0.3 is 5.97 Å². The zero-order chi connectivity index (χ0) is 20.5. The highest BCUT2D eigenvalue weighted by Gasteiger charge is 2.25. The number of benzene rings is 2. The number of methoxy groups -OCH3 is 1. The van der Waals surface area contributed by atoms with Crippen LogP contribution in [0.2, 0.25) is 0 Å². The van der Waals surface area contributed by atoms with Crippen LogP contribution >= 0.6 is 0 Å². The highest BCUT2D eigenvalue weighted by Crippen LogP contribution is 2.27. The zero-order valence-corrected chi connectivity index (χ0v) is 15.4. The van der Waals surface area contributed by atoms with Gasteiger partial charge in [0.2, 0.25) is 0 Å². The summed E-state index contributed by atoms with van der Waals surface area (Å²) >= 11 is 0. The molecule has 8 nitrogen and oxygen atoms in total. The highest BCUT2D eigenvalue weighted by molar-refractivity contribution is 6.04. The van der Waals surface area contributed by atoms with E-state index in [-0.39, 0.29) is 22.9 Å². The van der Waals surface area contributed by atoms with Crippen molar-refractivity contribution in [2.45, 2.75) is 0 Å². The van der Waals surface area contributed by atoms with Crippen LogP contribution in [0.5, 0.6) is 0 Å². The molecule has 8 heteroatoms. The molecule has 0 fully saturated rings. The summed E-state index contributed by atoms with van der Waals surface area (Å²) in [5.41, 5.74) is 8.11. The fraction of sp³-hybridized carbons (Fsp3) is 0.0476. The molecule has 2 N–H and O–H groups in total. The summed E-state index contributed by atoms with van der Waals surface area (Å²) in [6, 6.07) is 16.0. The molecule has 2 aromatic carbocycles. The van der Waals surface area contributed by atoms with Crippen molar-refractivity contribution in [2.75, 3.05) is 12.8 Å². The number of hydrogen-bond donors (Lipinski definition) is 1. The Bertz CT molecular complexity index is 1310. The minimum Gasteiger partial charge on any atom is -0.464 e. The Kier molecular flexibility index (Phi) is 4.33. The third-order valence-electron chi connectivity index (χ3n) is 4.61. The lowest BCUT2D eigenvalue weighted by Crippen LogP contribution is -2.17. The zero-order valence-electron chi connectivity index (χ0n) is 15.4. The van der Waals surface area contributed by atoms with Crippen LogP contribution in [0.4, 0.5) is 5.69 Å². The molecule has 2 aromatic heterocycles. The van der Waals surface area contributed by atoms with Crippen LogP contribution in [0.1, 0.15) is 26.4 Å². The Morgan fingerprint density at radius 3 is 2.62 bits per heavy atom. The molecule has 0 aliphatic carbocycles. The molecular formula is C21H15N5O3. The fourth-order valence-corrected chi connectivity index (χ4v) is 3.22. The van der Waals surface area contributed by atoms with Crippen LogP contribution in [0, 0.1) is 11.3 Å². The maximum absolute atomic E-state index is 13.3. The number of hydrogen-bond acceptors (Lipinski definition) is 6. The Hall–Kier alpha value is -4.38. The number of carbonyl (C=O) groups excluding carboxylic acids is 2. The van der Waals surface area contributed by atoms with E-state index in [4.69, 9.17) is 10.5 Å². The van der Waals surface area contributed by atoms with Gasteiger partial charge in [-0.25, -0.2) is 9.78 Å². The fourth-order valence-electron chi connectivity index (χ4n) is 3.22. The van der Waals surface area contributed by atoms with Crippen molar-refractivity contribution in [2.24, 2.45) is 0 Å². The summed E-state index contributed by atoms with van der Waals surface area (Å²) in [7, 11) is 1.22. The van der Waals surface area contributed by atoms with Gasteiger partial charge in [-0.1, -0.05) is 24.3 Å². The van der Waals surface area contributed by atoms with Crippen molar-refractivity contribution in [1.82, 2.24) is 14.1 Å². The number of nitrogens with two attached hydrogens (primary N) is 1. The number of imidazole rings is 1. The van der Waals surface area contributed by atoms with E-state index in [1.807, 2.05) is 24.3 Å². The van der Waals surface area contributed by atoms with Crippen molar-refractivity contribution in [3.8, 4) is 11.8 Å². The lowest BCUT2D eigenvalue weighted by Gasteiger charge is -2.13. The molecule has 142 valence electrons. The SMILES string of the molecule is COC(=O)c1c(N)c(C#N)cn1-c1ccccc1C(=O)n1cnc2ccccc21. The van der Waals surface area contributed by atoms with E-state index >= 15 is 0 Å². The van der Waals surface area contributed by atoms with Gasteiger partial charge in [0.15, 0.2) is 5.69 Å².